The molecule has 2 N–H and O–H groups in total. The van der Waals surface area contributed by atoms with E-state index in [2.05, 4.69) is 89.2 Å². The lowest BCUT2D eigenvalue weighted by Crippen LogP contribution is -2.27. The predicted octanol–water partition coefficient (Wildman–Crippen LogP) is 6.04. The van der Waals surface area contributed by atoms with Crippen LogP contribution < -0.4 is 5.32 Å². The first-order chi connectivity index (χ1) is 13.9. The van der Waals surface area contributed by atoms with E-state index >= 15 is 0 Å². The molecule has 0 fully saturated rings. The number of rotatable bonds is 5. The standard InChI is InChI=1S/C26H26N2/c1-3-8-19(9-4-1)16-17-27-25-13-7-12-22-23-18-21(20-10-5-2-6-11-20)14-15-24(23)28-26(22)25/h1-6,8-11,14-15,18,25,27-28H,7,12-13,16-17H2/t25-/m1/s1. The van der Waals surface area contributed by atoms with Crippen LogP contribution >= 0.6 is 0 Å². The Bertz CT molecular complexity index is 1060. The number of fused-ring (bicyclic) bond motifs is 3. The van der Waals surface area contributed by atoms with Crippen LogP contribution in [0.2, 0.25) is 0 Å². The summed E-state index contributed by atoms with van der Waals surface area (Å²) in [6, 6.07) is 28.7. The van der Waals surface area contributed by atoms with Crippen molar-refractivity contribution < 1.29 is 0 Å². The molecule has 0 radical (unpaired) electrons. The minimum absolute atomic E-state index is 0.431. The number of benzene rings is 3. The summed E-state index contributed by atoms with van der Waals surface area (Å²) < 4.78 is 0. The molecule has 4 aromatic rings. The average molecular weight is 367 g/mol. The Balaban J connectivity index is 1.40. The van der Waals surface area contributed by atoms with E-state index in [0.29, 0.717) is 6.04 Å². The van der Waals surface area contributed by atoms with Crippen molar-refractivity contribution in [3.63, 3.8) is 0 Å². The zero-order chi connectivity index (χ0) is 18.8. The van der Waals surface area contributed by atoms with Crippen LogP contribution in [0.15, 0.2) is 78.9 Å². The molecule has 0 saturated carbocycles. The molecule has 0 spiro atoms. The molecule has 0 amide bonds. The molecule has 0 aliphatic heterocycles. The topological polar surface area (TPSA) is 27.8 Å². The lowest BCUT2D eigenvalue weighted by Gasteiger charge is -2.24. The Morgan fingerprint density at radius 3 is 2.46 bits per heavy atom. The maximum absolute atomic E-state index is 3.80. The van der Waals surface area contributed by atoms with Gasteiger partial charge >= 0.3 is 0 Å². The summed E-state index contributed by atoms with van der Waals surface area (Å²) in [5.41, 5.74) is 8.16. The summed E-state index contributed by atoms with van der Waals surface area (Å²) in [6.45, 7) is 1.01. The monoisotopic (exact) mass is 366 g/mol. The molecule has 1 aliphatic rings. The van der Waals surface area contributed by atoms with Gasteiger partial charge in [-0.25, -0.2) is 0 Å². The molecule has 140 valence electrons. The van der Waals surface area contributed by atoms with Gasteiger partial charge in [-0.2, -0.15) is 0 Å². The lowest BCUT2D eigenvalue weighted by atomic mass is 9.91. The van der Waals surface area contributed by atoms with Crippen LogP contribution in [-0.4, -0.2) is 11.5 Å². The quantitative estimate of drug-likeness (QED) is 0.442. The van der Waals surface area contributed by atoms with Crippen molar-refractivity contribution in [2.24, 2.45) is 0 Å². The van der Waals surface area contributed by atoms with Crippen LogP contribution in [0.1, 0.15) is 35.7 Å². The first kappa shape index (κ1) is 17.3. The van der Waals surface area contributed by atoms with Gasteiger partial charge in [0.2, 0.25) is 0 Å². The molecule has 1 atom stereocenters. The van der Waals surface area contributed by atoms with E-state index in [1.807, 2.05) is 0 Å². The second kappa shape index (κ2) is 7.65. The highest BCUT2D eigenvalue weighted by atomic mass is 14.9. The molecule has 28 heavy (non-hydrogen) atoms. The third kappa shape index (κ3) is 3.36. The normalized spacial score (nSPS) is 16.2. The van der Waals surface area contributed by atoms with Crippen LogP contribution in [0.5, 0.6) is 0 Å². The summed E-state index contributed by atoms with van der Waals surface area (Å²) >= 11 is 0. The molecule has 1 aliphatic carbocycles. The van der Waals surface area contributed by atoms with Gasteiger partial charge in [0, 0.05) is 22.6 Å². The Hall–Kier alpha value is -2.84. The number of nitrogens with one attached hydrogen (secondary N) is 2. The van der Waals surface area contributed by atoms with Crippen LogP contribution in [0.4, 0.5) is 0 Å². The third-order valence-corrected chi connectivity index (χ3v) is 5.96. The van der Waals surface area contributed by atoms with E-state index in [9.17, 15) is 0 Å². The van der Waals surface area contributed by atoms with Crippen molar-refractivity contribution in [1.82, 2.24) is 10.3 Å². The van der Waals surface area contributed by atoms with Crippen LogP contribution in [0.3, 0.4) is 0 Å². The van der Waals surface area contributed by atoms with E-state index in [1.54, 1.807) is 0 Å². The second-order valence-electron chi connectivity index (χ2n) is 7.78. The zero-order valence-corrected chi connectivity index (χ0v) is 16.1. The second-order valence-corrected chi connectivity index (χ2v) is 7.78. The van der Waals surface area contributed by atoms with Crippen molar-refractivity contribution in [1.29, 1.82) is 0 Å². The van der Waals surface area contributed by atoms with Gasteiger partial charge in [-0.05, 0) is 66.6 Å². The molecule has 3 aromatic carbocycles. The average Bonchev–Trinajstić information content (AvgIpc) is 3.14. The van der Waals surface area contributed by atoms with Crippen molar-refractivity contribution in [2.75, 3.05) is 6.54 Å². The maximum atomic E-state index is 3.80. The number of H-pyrrole nitrogens is 1. The molecule has 0 unspecified atom stereocenters. The van der Waals surface area contributed by atoms with E-state index in [4.69, 9.17) is 0 Å². The molecule has 5 rings (SSSR count). The van der Waals surface area contributed by atoms with E-state index in [-0.39, 0.29) is 0 Å². The SMILES string of the molecule is c1ccc(CCN[C@@H]2CCCc3c2[nH]c2ccc(-c4ccccc4)cc32)cc1. The molecule has 0 saturated heterocycles. The van der Waals surface area contributed by atoms with E-state index in [0.717, 1.165) is 13.0 Å². The Morgan fingerprint density at radius 2 is 1.64 bits per heavy atom. The smallest absolute Gasteiger partial charge is 0.0476 e. The molecular weight excluding hydrogens is 340 g/mol. The Labute approximate surface area is 166 Å². The fraction of sp³-hybridized carbons (Fsp3) is 0.231. The van der Waals surface area contributed by atoms with Gasteiger partial charge in [0.05, 0.1) is 0 Å². The van der Waals surface area contributed by atoms with Gasteiger partial charge in [0.1, 0.15) is 0 Å². The predicted molar refractivity (Wildman–Crippen MR) is 118 cm³/mol. The van der Waals surface area contributed by atoms with Gasteiger partial charge in [-0.15, -0.1) is 0 Å². The third-order valence-electron chi connectivity index (χ3n) is 5.96. The van der Waals surface area contributed by atoms with Gasteiger partial charge in [0.15, 0.2) is 0 Å². The van der Waals surface area contributed by atoms with Gasteiger partial charge in [-0.3, -0.25) is 0 Å². The summed E-state index contributed by atoms with van der Waals surface area (Å²) in [5, 5.41) is 5.20. The summed E-state index contributed by atoms with van der Waals surface area (Å²) in [4.78, 5) is 3.73. The summed E-state index contributed by atoms with van der Waals surface area (Å²) in [6.07, 6.45) is 4.70. The molecule has 1 aromatic heterocycles. The van der Waals surface area contributed by atoms with E-state index < -0.39 is 0 Å². The van der Waals surface area contributed by atoms with Crippen LogP contribution in [0.25, 0.3) is 22.0 Å². The van der Waals surface area contributed by atoms with Crippen LogP contribution in [0, 0.1) is 0 Å². The first-order valence-electron chi connectivity index (χ1n) is 10.4. The number of hydrogen-bond acceptors (Lipinski definition) is 1. The van der Waals surface area contributed by atoms with Crippen molar-refractivity contribution >= 4 is 10.9 Å². The Morgan fingerprint density at radius 1 is 0.857 bits per heavy atom. The first-order valence-corrected chi connectivity index (χ1v) is 10.4. The molecule has 2 heteroatoms. The highest BCUT2D eigenvalue weighted by molar-refractivity contribution is 5.89. The molecule has 0 bridgehead atoms. The lowest BCUT2D eigenvalue weighted by molar-refractivity contribution is 0.456. The van der Waals surface area contributed by atoms with E-state index in [1.165, 1.54) is 58.1 Å². The van der Waals surface area contributed by atoms with Crippen molar-refractivity contribution in [3.05, 3.63) is 95.7 Å². The van der Waals surface area contributed by atoms with Gasteiger partial charge in [-0.1, -0.05) is 66.7 Å². The summed E-state index contributed by atoms with van der Waals surface area (Å²) in [7, 11) is 0. The van der Waals surface area contributed by atoms with Crippen LogP contribution in [-0.2, 0) is 12.8 Å². The van der Waals surface area contributed by atoms with Gasteiger partial charge < -0.3 is 10.3 Å². The van der Waals surface area contributed by atoms with Gasteiger partial charge in [0.25, 0.3) is 0 Å². The minimum atomic E-state index is 0.431. The maximum Gasteiger partial charge on any atom is 0.0476 e. The zero-order valence-electron chi connectivity index (χ0n) is 16.1. The van der Waals surface area contributed by atoms with Crippen molar-refractivity contribution in [2.45, 2.75) is 31.7 Å². The fourth-order valence-corrected chi connectivity index (χ4v) is 4.51. The largest absolute Gasteiger partial charge is 0.357 e. The minimum Gasteiger partial charge on any atom is -0.357 e. The Kier molecular flexibility index (Phi) is 4.72. The van der Waals surface area contributed by atoms with Crippen molar-refractivity contribution in [3.8, 4) is 11.1 Å². The number of aromatic amines is 1. The molecule has 2 nitrogen and oxygen atoms in total. The molecule has 1 heterocycles. The number of aryl methyl sites for hydroxylation is 1. The molecular formula is C26H26N2. The number of aromatic nitrogens is 1. The summed E-state index contributed by atoms with van der Waals surface area (Å²) in [5.74, 6) is 0. The highest BCUT2D eigenvalue weighted by Crippen LogP contribution is 2.36. The fourth-order valence-electron chi connectivity index (χ4n) is 4.51. The highest BCUT2D eigenvalue weighted by Gasteiger charge is 2.24. The number of hydrogen-bond donors (Lipinski definition) is 2.